The number of hydrogen-bond acceptors (Lipinski definition) is 4. The van der Waals surface area contributed by atoms with Crippen molar-refractivity contribution in [3.8, 4) is 0 Å². The fraction of sp³-hybridized carbons (Fsp3) is 0.500. The molecule has 0 aromatic heterocycles. The van der Waals surface area contributed by atoms with Crippen LogP contribution in [-0.4, -0.2) is 31.6 Å². The number of rotatable bonds is 3. The Morgan fingerprint density at radius 2 is 2.09 bits per heavy atom. The molecule has 22 heavy (non-hydrogen) atoms. The van der Waals surface area contributed by atoms with E-state index in [1.807, 2.05) is 18.2 Å². The summed E-state index contributed by atoms with van der Waals surface area (Å²) in [7, 11) is 0. The van der Waals surface area contributed by atoms with Crippen LogP contribution in [0.25, 0.3) is 0 Å². The van der Waals surface area contributed by atoms with Crippen LogP contribution >= 0.6 is 0 Å². The lowest BCUT2D eigenvalue weighted by atomic mass is 9.79. The van der Waals surface area contributed by atoms with Crippen molar-refractivity contribution in [3.63, 3.8) is 0 Å². The molecule has 0 spiro atoms. The fourth-order valence-corrected chi connectivity index (χ4v) is 3.00. The summed E-state index contributed by atoms with van der Waals surface area (Å²) in [5.41, 5.74) is 7.85. The summed E-state index contributed by atoms with van der Waals surface area (Å²) < 4.78 is 5.33. The lowest BCUT2D eigenvalue weighted by Gasteiger charge is -2.34. The van der Waals surface area contributed by atoms with Crippen LogP contribution in [0, 0.1) is 5.41 Å². The van der Waals surface area contributed by atoms with Gasteiger partial charge < -0.3 is 21.1 Å². The number of fused-ring (bicyclic) bond motifs is 1. The smallest absolute Gasteiger partial charge is 0.232 e. The van der Waals surface area contributed by atoms with E-state index in [2.05, 4.69) is 10.6 Å². The number of benzene rings is 1. The second-order valence-corrected chi connectivity index (χ2v) is 5.97. The normalized spacial score (nSPS) is 20.0. The molecule has 0 bridgehead atoms. The highest BCUT2D eigenvalue weighted by Crippen LogP contribution is 2.32. The van der Waals surface area contributed by atoms with E-state index in [1.54, 1.807) is 0 Å². The van der Waals surface area contributed by atoms with Crippen LogP contribution < -0.4 is 16.4 Å². The monoisotopic (exact) mass is 303 g/mol. The first-order chi connectivity index (χ1) is 10.6. The predicted molar refractivity (Wildman–Crippen MR) is 83.6 cm³/mol. The number of anilines is 2. The first-order valence-corrected chi connectivity index (χ1v) is 7.65. The summed E-state index contributed by atoms with van der Waals surface area (Å²) in [5, 5.41) is 5.78. The van der Waals surface area contributed by atoms with Crippen molar-refractivity contribution < 1.29 is 14.3 Å². The van der Waals surface area contributed by atoms with E-state index in [1.165, 1.54) is 0 Å². The third kappa shape index (κ3) is 2.84. The van der Waals surface area contributed by atoms with Crippen molar-refractivity contribution in [2.75, 3.05) is 30.4 Å². The molecule has 6 nitrogen and oxygen atoms in total. The Morgan fingerprint density at radius 3 is 2.82 bits per heavy atom. The quantitative estimate of drug-likeness (QED) is 0.784. The maximum Gasteiger partial charge on any atom is 0.232 e. The average Bonchev–Trinajstić information content (AvgIpc) is 2.55. The van der Waals surface area contributed by atoms with Gasteiger partial charge in [-0.2, -0.15) is 0 Å². The number of nitrogens with one attached hydrogen (secondary N) is 2. The van der Waals surface area contributed by atoms with Gasteiger partial charge in [0.05, 0.1) is 5.41 Å². The second-order valence-electron chi connectivity index (χ2n) is 5.97. The van der Waals surface area contributed by atoms with Gasteiger partial charge >= 0.3 is 0 Å². The molecule has 2 aliphatic rings. The van der Waals surface area contributed by atoms with Crippen molar-refractivity contribution in [1.29, 1.82) is 0 Å². The standard InChI is InChI=1S/C16H21N3O3/c17-10-16(5-7-22-8-6-16)15(21)18-12-3-1-11-2-4-14(20)19-13(11)9-12/h1,3,9H,2,4-8,10,17H2,(H,18,21)(H,19,20). The molecule has 2 aliphatic heterocycles. The van der Waals surface area contributed by atoms with Gasteiger partial charge in [-0.3, -0.25) is 9.59 Å². The van der Waals surface area contributed by atoms with Gasteiger partial charge in [-0.25, -0.2) is 0 Å². The van der Waals surface area contributed by atoms with Gasteiger partial charge in [0.2, 0.25) is 11.8 Å². The molecule has 1 fully saturated rings. The zero-order chi connectivity index (χ0) is 15.6. The van der Waals surface area contributed by atoms with Crippen LogP contribution in [0.1, 0.15) is 24.8 Å². The largest absolute Gasteiger partial charge is 0.381 e. The summed E-state index contributed by atoms with van der Waals surface area (Å²) >= 11 is 0. The van der Waals surface area contributed by atoms with E-state index in [0.717, 1.165) is 17.7 Å². The Bertz CT molecular complexity index is 594. The van der Waals surface area contributed by atoms with Crippen LogP contribution in [-0.2, 0) is 20.7 Å². The van der Waals surface area contributed by atoms with E-state index in [-0.39, 0.29) is 11.8 Å². The number of hydrogen-bond donors (Lipinski definition) is 3. The number of nitrogens with two attached hydrogens (primary N) is 1. The molecule has 1 aromatic carbocycles. The Labute approximate surface area is 129 Å². The average molecular weight is 303 g/mol. The topological polar surface area (TPSA) is 93.5 Å². The van der Waals surface area contributed by atoms with Crippen LogP contribution in [0.2, 0.25) is 0 Å². The van der Waals surface area contributed by atoms with Gasteiger partial charge in [0.1, 0.15) is 0 Å². The van der Waals surface area contributed by atoms with Crippen LogP contribution in [0.4, 0.5) is 11.4 Å². The Kier molecular flexibility index (Phi) is 4.13. The first-order valence-electron chi connectivity index (χ1n) is 7.65. The van der Waals surface area contributed by atoms with E-state index in [4.69, 9.17) is 10.5 Å². The number of aryl methyl sites for hydroxylation is 1. The van der Waals surface area contributed by atoms with Crippen LogP contribution in [0.15, 0.2) is 18.2 Å². The maximum atomic E-state index is 12.6. The van der Waals surface area contributed by atoms with Crippen molar-refractivity contribution in [1.82, 2.24) is 0 Å². The molecule has 0 radical (unpaired) electrons. The molecule has 4 N–H and O–H groups in total. The number of ether oxygens (including phenoxy) is 1. The van der Waals surface area contributed by atoms with E-state index in [9.17, 15) is 9.59 Å². The van der Waals surface area contributed by atoms with Gasteiger partial charge in [-0.15, -0.1) is 0 Å². The first kappa shape index (κ1) is 15.0. The maximum absolute atomic E-state index is 12.6. The molecule has 3 rings (SSSR count). The molecular formula is C16H21N3O3. The molecule has 2 amide bonds. The number of amides is 2. The van der Waals surface area contributed by atoms with Crippen molar-refractivity contribution in [3.05, 3.63) is 23.8 Å². The summed E-state index contributed by atoms with van der Waals surface area (Å²) in [5.74, 6) is -0.0563. The minimum Gasteiger partial charge on any atom is -0.381 e. The van der Waals surface area contributed by atoms with Gasteiger partial charge in [-0.1, -0.05) is 6.07 Å². The van der Waals surface area contributed by atoms with Crippen molar-refractivity contribution >= 4 is 23.2 Å². The highest BCUT2D eigenvalue weighted by atomic mass is 16.5. The summed E-state index contributed by atoms with van der Waals surface area (Å²) in [4.78, 5) is 24.1. The van der Waals surface area contributed by atoms with Gasteiger partial charge in [0, 0.05) is 37.6 Å². The van der Waals surface area contributed by atoms with Gasteiger partial charge in [0.15, 0.2) is 0 Å². The zero-order valence-electron chi connectivity index (χ0n) is 12.5. The second kappa shape index (κ2) is 6.06. The molecule has 118 valence electrons. The zero-order valence-corrected chi connectivity index (χ0v) is 12.5. The molecule has 2 heterocycles. The highest BCUT2D eigenvalue weighted by molar-refractivity contribution is 5.98. The SMILES string of the molecule is NCC1(C(=O)Nc2ccc3c(c2)NC(=O)CC3)CCOCC1. The predicted octanol–water partition coefficient (Wildman–Crippen LogP) is 1.27. The third-order valence-electron chi connectivity index (χ3n) is 4.59. The van der Waals surface area contributed by atoms with Gasteiger partial charge in [0.25, 0.3) is 0 Å². The van der Waals surface area contributed by atoms with Crippen molar-refractivity contribution in [2.45, 2.75) is 25.7 Å². The Morgan fingerprint density at radius 1 is 1.32 bits per heavy atom. The molecule has 0 atom stereocenters. The third-order valence-corrected chi connectivity index (χ3v) is 4.59. The number of carbonyl (C=O) groups is 2. The lowest BCUT2D eigenvalue weighted by Crippen LogP contribution is -2.46. The lowest BCUT2D eigenvalue weighted by molar-refractivity contribution is -0.130. The highest BCUT2D eigenvalue weighted by Gasteiger charge is 2.38. The van der Waals surface area contributed by atoms with E-state index in [0.29, 0.717) is 44.7 Å². The van der Waals surface area contributed by atoms with Crippen LogP contribution in [0.5, 0.6) is 0 Å². The summed E-state index contributed by atoms with van der Waals surface area (Å²) in [6, 6.07) is 5.63. The van der Waals surface area contributed by atoms with Gasteiger partial charge in [-0.05, 0) is 37.0 Å². The molecule has 1 aromatic rings. The minimum atomic E-state index is -0.558. The van der Waals surface area contributed by atoms with E-state index < -0.39 is 5.41 Å². The summed E-state index contributed by atoms with van der Waals surface area (Å²) in [6.07, 6.45) is 2.52. The molecule has 1 saturated heterocycles. The van der Waals surface area contributed by atoms with E-state index >= 15 is 0 Å². The number of carbonyl (C=O) groups excluding carboxylic acids is 2. The molecule has 0 saturated carbocycles. The summed E-state index contributed by atoms with van der Waals surface area (Å²) in [6.45, 7) is 1.43. The Hall–Kier alpha value is -1.92. The fourth-order valence-electron chi connectivity index (χ4n) is 3.00. The molecular weight excluding hydrogens is 282 g/mol. The molecule has 6 heteroatoms. The van der Waals surface area contributed by atoms with Crippen molar-refractivity contribution in [2.24, 2.45) is 11.1 Å². The van der Waals surface area contributed by atoms with Crippen LogP contribution in [0.3, 0.4) is 0 Å². The molecule has 0 aliphatic carbocycles. The molecule has 0 unspecified atom stereocenters. The Balaban J connectivity index is 1.76. The minimum absolute atomic E-state index is 0.0128.